The second-order valence-corrected chi connectivity index (χ2v) is 5.47. The number of nitrogens with one attached hydrogen (secondary N) is 2. The van der Waals surface area contributed by atoms with E-state index in [0.29, 0.717) is 11.6 Å². The molecule has 1 heterocycles. The minimum Gasteiger partial charge on any atom is -0.389 e. The lowest BCUT2D eigenvalue weighted by Gasteiger charge is -2.14. The van der Waals surface area contributed by atoms with Crippen LogP contribution >= 0.6 is 11.6 Å². The molecule has 2 aromatic rings. The minimum absolute atomic E-state index is 0.0494. The standard InChI is InChI=1S/C16H18ClN3O3/c17-13-6-4-12(5-7-13)9-18-16(23)19-10-14(21)11-20-8-2-1-3-15(20)22/h1-8,14,21H,9-11H2,(H2,18,19,23). The molecule has 0 aliphatic heterocycles. The Balaban J connectivity index is 1.72. The highest BCUT2D eigenvalue weighted by molar-refractivity contribution is 6.30. The van der Waals surface area contributed by atoms with Crippen LogP contribution in [0.4, 0.5) is 4.79 Å². The maximum atomic E-state index is 11.7. The molecule has 0 fully saturated rings. The lowest BCUT2D eigenvalue weighted by Crippen LogP contribution is -2.41. The molecule has 0 saturated heterocycles. The molecule has 23 heavy (non-hydrogen) atoms. The van der Waals surface area contributed by atoms with E-state index in [2.05, 4.69) is 10.6 Å². The minimum atomic E-state index is -0.851. The summed E-state index contributed by atoms with van der Waals surface area (Å²) in [6, 6.07) is 11.5. The van der Waals surface area contributed by atoms with E-state index in [1.807, 2.05) is 12.1 Å². The first-order valence-corrected chi connectivity index (χ1v) is 7.52. The number of benzene rings is 1. The van der Waals surface area contributed by atoms with Crippen LogP contribution in [0.3, 0.4) is 0 Å². The van der Waals surface area contributed by atoms with Crippen LogP contribution in [0.2, 0.25) is 5.02 Å². The molecule has 0 radical (unpaired) electrons. The van der Waals surface area contributed by atoms with E-state index in [0.717, 1.165) is 5.56 Å². The number of halogens is 1. The Morgan fingerprint density at radius 2 is 1.91 bits per heavy atom. The molecule has 0 saturated carbocycles. The van der Waals surface area contributed by atoms with Crippen molar-refractivity contribution in [2.45, 2.75) is 19.2 Å². The summed E-state index contributed by atoms with van der Waals surface area (Å²) < 4.78 is 1.39. The van der Waals surface area contributed by atoms with Crippen molar-refractivity contribution in [2.75, 3.05) is 6.54 Å². The van der Waals surface area contributed by atoms with E-state index < -0.39 is 6.10 Å². The van der Waals surface area contributed by atoms with Crippen molar-refractivity contribution in [3.63, 3.8) is 0 Å². The second-order valence-electron chi connectivity index (χ2n) is 5.04. The molecule has 7 heteroatoms. The number of pyridine rings is 1. The van der Waals surface area contributed by atoms with Gasteiger partial charge in [0.1, 0.15) is 0 Å². The van der Waals surface area contributed by atoms with Gasteiger partial charge in [0.15, 0.2) is 0 Å². The average Bonchev–Trinajstić information content (AvgIpc) is 2.54. The predicted molar refractivity (Wildman–Crippen MR) is 88.4 cm³/mol. The van der Waals surface area contributed by atoms with Crippen LogP contribution in [-0.2, 0) is 13.1 Å². The van der Waals surface area contributed by atoms with Gasteiger partial charge in [-0.05, 0) is 23.8 Å². The third kappa shape index (κ3) is 5.77. The Labute approximate surface area is 138 Å². The summed E-state index contributed by atoms with van der Waals surface area (Å²) in [4.78, 5) is 23.2. The van der Waals surface area contributed by atoms with E-state index in [1.165, 1.54) is 10.6 Å². The normalized spacial score (nSPS) is 11.7. The maximum absolute atomic E-state index is 11.7. The number of aliphatic hydroxyl groups excluding tert-OH is 1. The topological polar surface area (TPSA) is 83.4 Å². The number of urea groups is 1. The first kappa shape index (κ1) is 17.1. The Bertz CT molecular complexity index is 700. The fourth-order valence-corrected chi connectivity index (χ4v) is 2.09. The SMILES string of the molecule is O=C(NCc1ccc(Cl)cc1)NCC(O)Cn1ccccc1=O. The first-order chi connectivity index (χ1) is 11.0. The number of carbonyl (C=O) groups excluding carboxylic acids is 1. The molecule has 0 bridgehead atoms. The fraction of sp³-hybridized carbons (Fsp3) is 0.250. The smallest absolute Gasteiger partial charge is 0.315 e. The van der Waals surface area contributed by atoms with Crippen molar-refractivity contribution in [3.8, 4) is 0 Å². The second kappa shape index (κ2) is 8.36. The zero-order valence-electron chi connectivity index (χ0n) is 12.4. The number of rotatable bonds is 6. The van der Waals surface area contributed by atoms with Gasteiger partial charge >= 0.3 is 6.03 Å². The lowest BCUT2D eigenvalue weighted by molar-refractivity contribution is 0.150. The van der Waals surface area contributed by atoms with Gasteiger partial charge in [0.05, 0.1) is 12.6 Å². The molecule has 0 aliphatic carbocycles. The van der Waals surface area contributed by atoms with Gasteiger partial charge < -0.3 is 20.3 Å². The van der Waals surface area contributed by atoms with Crippen molar-refractivity contribution < 1.29 is 9.90 Å². The average molecular weight is 336 g/mol. The van der Waals surface area contributed by atoms with Gasteiger partial charge in [0.25, 0.3) is 5.56 Å². The number of hydrogen-bond donors (Lipinski definition) is 3. The van der Waals surface area contributed by atoms with Gasteiger partial charge in [-0.2, -0.15) is 0 Å². The molecular formula is C16H18ClN3O3. The van der Waals surface area contributed by atoms with Crippen LogP contribution in [0.25, 0.3) is 0 Å². The van der Waals surface area contributed by atoms with Crippen molar-refractivity contribution in [3.05, 3.63) is 69.6 Å². The summed E-state index contributed by atoms with van der Waals surface area (Å²) >= 11 is 5.78. The number of aromatic nitrogens is 1. The summed E-state index contributed by atoms with van der Waals surface area (Å²) in [5, 5.41) is 15.7. The van der Waals surface area contributed by atoms with Crippen molar-refractivity contribution in [2.24, 2.45) is 0 Å². The molecule has 1 aromatic heterocycles. The zero-order chi connectivity index (χ0) is 16.7. The van der Waals surface area contributed by atoms with Crippen LogP contribution < -0.4 is 16.2 Å². The van der Waals surface area contributed by atoms with Crippen molar-refractivity contribution in [1.82, 2.24) is 15.2 Å². The molecule has 2 amide bonds. The number of aliphatic hydroxyl groups is 1. The van der Waals surface area contributed by atoms with Crippen molar-refractivity contribution in [1.29, 1.82) is 0 Å². The fourth-order valence-electron chi connectivity index (χ4n) is 1.96. The molecule has 6 nitrogen and oxygen atoms in total. The van der Waals surface area contributed by atoms with E-state index in [-0.39, 0.29) is 24.7 Å². The van der Waals surface area contributed by atoms with Crippen molar-refractivity contribution >= 4 is 17.6 Å². The molecule has 0 spiro atoms. The molecule has 3 N–H and O–H groups in total. The summed E-state index contributed by atoms with van der Waals surface area (Å²) in [5.74, 6) is 0. The van der Waals surface area contributed by atoms with Gasteiger partial charge in [-0.3, -0.25) is 4.79 Å². The number of amides is 2. The summed E-state index contributed by atoms with van der Waals surface area (Å²) in [6.45, 7) is 0.530. The van der Waals surface area contributed by atoms with Gasteiger partial charge in [-0.15, -0.1) is 0 Å². The third-order valence-corrected chi connectivity index (χ3v) is 3.42. The molecule has 2 rings (SSSR count). The number of nitrogens with zero attached hydrogens (tertiary/aromatic N) is 1. The lowest BCUT2D eigenvalue weighted by atomic mass is 10.2. The molecule has 1 atom stereocenters. The van der Waals surface area contributed by atoms with Crippen LogP contribution in [0.1, 0.15) is 5.56 Å². The van der Waals surface area contributed by atoms with E-state index in [4.69, 9.17) is 11.6 Å². The van der Waals surface area contributed by atoms with E-state index in [9.17, 15) is 14.7 Å². The van der Waals surface area contributed by atoms with Gasteiger partial charge in [-0.1, -0.05) is 29.8 Å². The molecular weight excluding hydrogens is 318 g/mol. The largest absolute Gasteiger partial charge is 0.389 e. The highest BCUT2D eigenvalue weighted by atomic mass is 35.5. The maximum Gasteiger partial charge on any atom is 0.315 e. The van der Waals surface area contributed by atoms with Crippen LogP contribution in [0.5, 0.6) is 0 Å². The van der Waals surface area contributed by atoms with E-state index in [1.54, 1.807) is 30.5 Å². The quantitative estimate of drug-likeness (QED) is 0.745. The molecule has 0 aliphatic rings. The van der Waals surface area contributed by atoms with E-state index >= 15 is 0 Å². The van der Waals surface area contributed by atoms with Crippen LogP contribution in [0.15, 0.2) is 53.5 Å². The monoisotopic (exact) mass is 335 g/mol. The number of hydrogen-bond acceptors (Lipinski definition) is 3. The Kier molecular flexibility index (Phi) is 6.19. The first-order valence-electron chi connectivity index (χ1n) is 7.14. The third-order valence-electron chi connectivity index (χ3n) is 3.17. The Morgan fingerprint density at radius 1 is 1.17 bits per heavy atom. The summed E-state index contributed by atoms with van der Waals surface area (Å²) in [6.07, 6.45) is 0.739. The Hall–Kier alpha value is -2.31. The summed E-state index contributed by atoms with van der Waals surface area (Å²) in [7, 11) is 0. The molecule has 122 valence electrons. The summed E-state index contributed by atoms with van der Waals surface area (Å²) in [5.41, 5.74) is 0.722. The number of carbonyl (C=O) groups is 1. The van der Waals surface area contributed by atoms with Gasteiger partial charge in [0, 0.05) is 30.4 Å². The predicted octanol–water partition coefficient (Wildman–Crippen LogP) is 1.36. The highest BCUT2D eigenvalue weighted by Gasteiger charge is 2.08. The zero-order valence-corrected chi connectivity index (χ0v) is 13.2. The molecule has 1 unspecified atom stereocenters. The highest BCUT2D eigenvalue weighted by Crippen LogP contribution is 2.08. The molecule has 1 aromatic carbocycles. The van der Waals surface area contributed by atoms with Gasteiger partial charge in [0.2, 0.25) is 0 Å². The van der Waals surface area contributed by atoms with Crippen LogP contribution in [-0.4, -0.2) is 28.4 Å². The van der Waals surface area contributed by atoms with Gasteiger partial charge in [-0.25, -0.2) is 4.79 Å². The van der Waals surface area contributed by atoms with Crippen LogP contribution in [0, 0.1) is 0 Å². The Morgan fingerprint density at radius 3 is 2.61 bits per heavy atom.